The van der Waals surface area contributed by atoms with Crippen molar-refractivity contribution in [2.75, 3.05) is 19.6 Å². The smallest absolute Gasteiger partial charge is 0.258 e. The molecule has 4 rings (SSSR count). The molecule has 3 aromatic heterocycles. The molecule has 0 aromatic carbocycles. The van der Waals surface area contributed by atoms with Crippen LogP contribution in [-0.4, -0.2) is 49.3 Å². The lowest BCUT2D eigenvalue weighted by atomic mass is 9.92. The molecule has 1 N–H and O–H groups in total. The van der Waals surface area contributed by atoms with Crippen molar-refractivity contribution in [3.63, 3.8) is 0 Å². The summed E-state index contributed by atoms with van der Waals surface area (Å²) in [5.41, 5.74) is 1.63. The van der Waals surface area contributed by atoms with Gasteiger partial charge in [-0.25, -0.2) is 14.6 Å². The van der Waals surface area contributed by atoms with Crippen molar-refractivity contribution >= 4 is 10.9 Å². The summed E-state index contributed by atoms with van der Waals surface area (Å²) < 4.78 is 1.73. The first-order valence-electron chi connectivity index (χ1n) is 8.36. The number of nitrogens with one attached hydrogen (secondary N) is 1. The Bertz CT molecular complexity index is 907. The second kappa shape index (κ2) is 6.16. The zero-order chi connectivity index (χ0) is 16.5. The maximum atomic E-state index is 11.9. The number of likely N-dealkylation sites (tertiary alicyclic amines) is 1. The summed E-state index contributed by atoms with van der Waals surface area (Å²) in [6.07, 6.45) is 9.27. The number of fused-ring (bicyclic) bond motifs is 1. The van der Waals surface area contributed by atoms with Gasteiger partial charge in [0.05, 0.1) is 17.9 Å². The zero-order valence-electron chi connectivity index (χ0n) is 13.6. The molecule has 24 heavy (non-hydrogen) atoms. The standard InChI is InChI=1S/C17H20N6O/c1-2-22-7-4-12(5-8-22)13-9-21-23(10-13)16-15-14(3-6-18-16)17(24)20-11-19-15/h3,6,9-12H,2,4-5,7-8H2,1H3,(H,19,20,24). The molecule has 0 atom stereocenters. The first kappa shape index (κ1) is 15.0. The normalized spacial score (nSPS) is 16.7. The van der Waals surface area contributed by atoms with Crippen LogP contribution in [0.2, 0.25) is 0 Å². The van der Waals surface area contributed by atoms with E-state index in [0.717, 1.165) is 32.5 Å². The predicted octanol–water partition coefficient (Wildman–Crippen LogP) is 1.70. The van der Waals surface area contributed by atoms with Gasteiger partial charge in [0.2, 0.25) is 0 Å². The molecule has 7 nitrogen and oxygen atoms in total. The van der Waals surface area contributed by atoms with Crippen LogP contribution in [0.3, 0.4) is 0 Å². The Kier molecular flexibility index (Phi) is 3.86. The van der Waals surface area contributed by atoms with E-state index in [9.17, 15) is 4.79 Å². The molecule has 7 heteroatoms. The average Bonchev–Trinajstić information content (AvgIpc) is 3.12. The van der Waals surface area contributed by atoms with Crippen LogP contribution < -0.4 is 5.56 Å². The number of hydrogen-bond donors (Lipinski definition) is 1. The molecule has 0 unspecified atom stereocenters. The van der Waals surface area contributed by atoms with Gasteiger partial charge in [0.15, 0.2) is 5.82 Å². The minimum atomic E-state index is -0.164. The van der Waals surface area contributed by atoms with Crippen molar-refractivity contribution in [3.8, 4) is 5.82 Å². The van der Waals surface area contributed by atoms with E-state index in [0.29, 0.717) is 22.6 Å². The lowest BCUT2D eigenvalue weighted by Crippen LogP contribution is -2.32. The maximum absolute atomic E-state index is 11.9. The minimum Gasteiger partial charge on any atom is -0.313 e. The first-order chi connectivity index (χ1) is 11.8. The van der Waals surface area contributed by atoms with E-state index in [1.54, 1.807) is 16.9 Å². The summed E-state index contributed by atoms with van der Waals surface area (Å²) in [5.74, 6) is 1.13. The van der Waals surface area contributed by atoms with Crippen LogP contribution in [-0.2, 0) is 0 Å². The molecule has 1 fully saturated rings. The predicted molar refractivity (Wildman–Crippen MR) is 91.4 cm³/mol. The van der Waals surface area contributed by atoms with Gasteiger partial charge in [-0.15, -0.1) is 0 Å². The molecule has 0 bridgehead atoms. The van der Waals surface area contributed by atoms with Crippen molar-refractivity contribution in [1.82, 2.24) is 29.6 Å². The highest BCUT2D eigenvalue weighted by Gasteiger charge is 2.21. The van der Waals surface area contributed by atoms with Gasteiger partial charge in [0, 0.05) is 12.4 Å². The van der Waals surface area contributed by atoms with E-state index >= 15 is 0 Å². The van der Waals surface area contributed by atoms with Crippen LogP contribution in [0.1, 0.15) is 31.2 Å². The second-order valence-electron chi connectivity index (χ2n) is 6.19. The van der Waals surface area contributed by atoms with E-state index in [4.69, 9.17) is 0 Å². The van der Waals surface area contributed by atoms with Crippen LogP contribution in [0.25, 0.3) is 16.7 Å². The zero-order valence-corrected chi connectivity index (χ0v) is 13.6. The Labute approximate surface area is 139 Å². The number of pyridine rings is 1. The highest BCUT2D eigenvalue weighted by molar-refractivity contribution is 5.83. The lowest BCUT2D eigenvalue weighted by molar-refractivity contribution is 0.222. The fraction of sp³-hybridized carbons (Fsp3) is 0.412. The van der Waals surface area contributed by atoms with Crippen molar-refractivity contribution in [2.45, 2.75) is 25.7 Å². The third kappa shape index (κ3) is 2.60. The molecule has 1 aliphatic heterocycles. The average molecular weight is 324 g/mol. The van der Waals surface area contributed by atoms with E-state index < -0.39 is 0 Å². The molecule has 0 radical (unpaired) electrons. The number of aromatic amines is 1. The van der Waals surface area contributed by atoms with Crippen molar-refractivity contribution < 1.29 is 0 Å². The summed E-state index contributed by atoms with van der Waals surface area (Å²) in [6.45, 7) is 5.59. The third-order valence-electron chi connectivity index (χ3n) is 4.86. The highest BCUT2D eigenvalue weighted by atomic mass is 16.1. The summed E-state index contributed by atoms with van der Waals surface area (Å²) >= 11 is 0. The molecule has 1 saturated heterocycles. The van der Waals surface area contributed by atoms with Crippen LogP contribution >= 0.6 is 0 Å². The Balaban J connectivity index is 1.66. The first-order valence-corrected chi connectivity index (χ1v) is 8.36. The van der Waals surface area contributed by atoms with Gasteiger partial charge in [-0.3, -0.25) is 4.79 Å². The van der Waals surface area contributed by atoms with Crippen LogP contribution in [0.15, 0.2) is 35.8 Å². The third-order valence-corrected chi connectivity index (χ3v) is 4.86. The maximum Gasteiger partial charge on any atom is 0.258 e. The lowest BCUT2D eigenvalue weighted by Gasteiger charge is -2.30. The topological polar surface area (TPSA) is 79.7 Å². The molecular formula is C17H20N6O. The number of rotatable bonds is 3. The van der Waals surface area contributed by atoms with Gasteiger partial charge in [0.25, 0.3) is 5.56 Å². The summed E-state index contributed by atoms with van der Waals surface area (Å²) in [4.78, 5) is 25.6. The number of piperidine rings is 1. The van der Waals surface area contributed by atoms with Gasteiger partial charge in [-0.05, 0) is 50.0 Å². The fourth-order valence-corrected chi connectivity index (χ4v) is 3.40. The van der Waals surface area contributed by atoms with Gasteiger partial charge in [-0.2, -0.15) is 5.10 Å². The Morgan fingerprint density at radius 1 is 1.29 bits per heavy atom. The number of aromatic nitrogens is 5. The van der Waals surface area contributed by atoms with Crippen molar-refractivity contribution in [3.05, 3.63) is 46.9 Å². The Morgan fingerprint density at radius 2 is 2.12 bits per heavy atom. The molecule has 0 saturated carbocycles. The quantitative estimate of drug-likeness (QED) is 0.793. The van der Waals surface area contributed by atoms with Gasteiger partial charge >= 0.3 is 0 Å². The second-order valence-corrected chi connectivity index (χ2v) is 6.19. The Hall–Kier alpha value is -2.54. The number of H-pyrrole nitrogens is 1. The van der Waals surface area contributed by atoms with E-state index in [1.807, 2.05) is 12.4 Å². The summed E-state index contributed by atoms with van der Waals surface area (Å²) in [6, 6.07) is 1.68. The van der Waals surface area contributed by atoms with Crippen LogP contribution in [0.4, 0.5) is 0 Å². The SMILES string of the molecule is CCN1CCC(c2cnn(-c3nccc4c(=O)[nH]cnc34)c2)CC1. The van der Waals surface area contributed by atoms with Crippen LogP contribution in [0, 0.1) is 0 Å². The van der Waals surface area contributed by atoms with Crippen molar-refractivity contribution in [1.29, 1.82) is 0 Å². The molecule has 124 valence electrons. The fourth-order valence-electron chi connectivity index (χ4n) is 3.40. The molecule has 1 aliphatic rings. The monoisotopic (exact) mass is 324 g/mol. The van der Waals surface area contributed by atoms with E-state index in [-0.39, 0.29) is 5.56 Å². The largest absolute Gasteiger partial charge is 0.313 e. The Morgan fingerprint density at radius 3 is 2.92 bits per heavy atom. The molecule has 0 spiro atoms. The molecule has 4 heterocycles. The molecule has 0 amide bonds. The summed E-state index contributed by atoms with van der Waals surface area (Å²) in [7, 11) is 0. The minimum absolute atomic E-state index is 0.164. The molecule has 0 aliphatic carbocycles. The van der Waals surface area contributed by atoms with Gasteiger partial charge in [0.1, 0.15) is 5.52 Å². The molecular weight excluding hydrogens is 304 g/mol. The van der Waals surface area contributed by atoms with Crippen LogP contribution in [0.5, 0.6) is 0 Å². The number of hydrogen-bond acceptors (Lipinski definition) is 5. The summed E-state index contributed by atoms with van der Waals surface area (Å²) in [5, 5.41) is 4.99. The van der Waals surface area contributed by atoms with Gasteiger partial charge in [-0.1, -0.05) is 6.92 Å². The van der Waals surface area contributed by atoms with Gasteiger partial charge < -0.3 is 9.88 Å². The van der Waals surface area contributed by atoms with Crippen molar-refractivity contribution in [2.24, 2.45) is 0 Å². The molecule has 3 aromatic rings. The number of nitrogens with zero attached hydrogens (tertiary/aromatic N) is 5. The van der Waals surface area contributed by atoms with E-state index in [1.165, 1.54) is 11.9 Å². The highest BCUT2D eigenvalue weighted by Crippen LogP contribution is 2.28. The van der Waals surface area contributed by atoms with E-state index in [2.05, 4.69) is 31.9 Å².